The van der Waals surface area contributed by atoms with E-state index in [1.807, 2.05) is 84.1 Å². The Hall–Kier alpha value is -6.50. The molecular formula is C44H26N4OS. The average molecular weight is 659 g/mol. The number of fused-ring (bicyclic) bond motifs is 7. The van der Waals surface area contributed by atoms with Crippen LogP contribution in [0.25, 0.3) is 98.8 Å². The van der Waals surface area contributed by atoms with Crippen molar-refractivity contribution in [3.63, 3.8) is 0 Å². The molecule has 0 fully saturated rings. The Morgan fingerprint density at radius 2 is 0.960 bits per heavy atom. The van der Waals surface area contributed by atoms with E-state index in [1.165, 1.54) is 20.2 Å². The van der Waals surface area contributed by atoms with Gasteiger partial charge in [-0.1, -0.05) is 121 Å². The normalized spacial score (nSPS) is 11.6. The summed E-state index contributed by atoms with van der Waals surface area (Å²) in [4.78, 5) is 19.7. The predicted molar refractivity (Wildman–Crippen MR) is 205 cm³/mol. The minimum atomic E-state index is 0.597. The Bertz CT molecular complexity index is 2820. The van der Waals surface area contributed by atoms with Crippen LogP contribution in [0.2, 0.25) is 0 Å². The number of rotatable bonds is 5. The molecule has 50 heavy (non-hydrogen) atoms. The number of aromatic nitrogens is 4. The average Bonchev–Trinajstić information content (AvgIpc) is 3.81. The SMILES string of the molecule is c1ccc(-c2nc(-c3ccccc3)nc(-c3cccc(-c4cccc(-c5nc6ccc7ccc8sc9ccccc9c8c7c6o5)c4)c3)n2)cc1. The summed E-state index contributed by atoms with van der Waals surface area (Å²) >= 11 is 1.81. The van der Waals surface area contributed by atoms with Crippen molar-refractivity contribution < 1.29 is 4.42 Å². The maximum Gasteiger partial charge on any atom is 0.227 e. The summed E-state index contributed by atoms with van der Waals surface area (Å²) in [6.45, 7) is 0. The molecule has 0 unspecified atom stereocenters. The van der Waals surface area contributed by atoms with Crippen molar-refractivity contribution in [1.82, 2.24) is 19.9 Å². The van der Waals surface area contributed by atoms with E-state index in [9.17, 15) is 0 Å². The fraction of sp³-hybridized carbons (Fsp3) is 0. The van der Waals surface area contributed by atoms with E-state index < -0.39 is 0 Å². The fourth-order valence-electron chi connectivity index (χ4n) is 6.74. The monoisotopic (exact) mass is 658 g/mol. The molecule has 0 radical (unpaired) electrons. The smallest absolute Gasteiger partial charge is 0.227 e. The maximum absolute atomic E-state index is 6.65. The zero-order valence-electron chi connectivity index (χ0n) is 26.6. The van der Waals surface area contributed by atoms with Crippen LogP contribution in [0.15, 0.2) is 162 Å². The first kappa shape index (κ1) is 28.5. The molecular weight excluding hydrogens is 633 g/mol. The molecule has 0 saturated carbocycles. The van der Waals surface area contributed by atoms with E-state index in [2.05, 4.69) is 84.9 Å². The number of nitrogens with zero attached hydrogens (tertiary/aromatic N) is 4. The molecule has 3 heterocycles. The lowest BCUT2D eigenvalue weighted by molar-refractivity contribution is 0.623. The van der Waals surface area contributed by atoms with Crippen LogP contribution in [0.3, 0.4) is 0 Å². The van der Waals surface area contributed by atoms with Crippen molar-refractivity contribution >= 4 is 53.4 Å². The highest BCUT2D eigenvalue weighted by Crippen LogP contribution is 2.42. The zero-order valence-corrected chi connectivity index (χ0v) is 27.4. The van der Waals surface area contributed by atoms with Crippen LogP contribution in [0, 0.1) is 0 Å². The Labute approximate surface area is 291 Å². The molecule has 0 spiro atoms. The first-order chi connectivity index (χ1) is 24.7. The largest absolute Gasteiger partial charge is 0.435 e. The van der Waals surface area contributed by atoms with E-state index in [-0.39, 0.29) is 0 Å². The number of oxazole rings is 1. The predicted octanol–water partition coefficient (Wildman–Crippen LogP) is 11.9. The number of thiophene rings is 1. The fourth-order valence-corrected chi connectivity index (χ4v) is 7.85. The van der Waals surface area contributed by atoms with E-state index in [4.69, 9.17) is 24.4 Å². The second-order valence-corrected chi connectivity index (χ2v) is 13.4. The molecule has 3 aromatic heterocycles. The van der Waals surface area contributed by atoms with E-state index in [0.717, 1.165) is 55.3 Å². The Morgan fingerprint density at radius 1 is 0.400 bits per heavy atom. The molecule has 0 aliphatic heterocycles. The minimum Gasteiger partial charge on any atom is -0.435 e. The third kappa shape index (κ3) is 4.85. The quantitative estimate of drug-likeness (QED) is 0.184. The summed E-state index contributed by atoms with van der Waals surface area (Å²) in [5.74, 6) is 2.49. The maximum atomic E-state index is 6.65. The first-order valence-corrected chi connectivity index (χ1v) is 17.3. The summed E-state index contributed by atoms with van der Waals surface area (Å²) in [5, 5.41) is 4.73. The second kappa shape index (κ2) is 11.6. The van der Waals surface area contributed by atoms with Crippen molar-refractivity contribution in [1.29, 1.82) is 0 Å². The van der Waals surface area contributed by atoms with Crippen molar-refractivity contribution in [2.24, 2.45) is 0 Å². The van der Waals surface area contributed by atoms with Crippen molar-refractivity contribution in [2.45, 2.75) is 0 Å². The van der Waals surface area contributed by atoms with Crippen LogP contribution in [0.4, 0.5) is 0 Å². The van der Waals surface area contributed by atoms with Gasteiger partial charge in [0.15, 0.2) is 23.1 Å². The molecule has 5 nitrogen and oxygen atoms in total. The molecule has 234 valence electrons. The number of benzene rings is 7. The minimum absolute atomic E-state index is 0.597. The van der Waals surface area contributed by atoms with Crippen LogP contribution in [0.5, 0.6) is 0 Å². The summed E-state index contributed by atoms with van der Waals surface area (Å²) in [6, 6.07) is 54.0. The summed E-state index contributed by atoms with van der Waals surface area (Å²) in [6.07, 6.45) is 0. The lowest BCUT2D eigenvalue weighted by Gasteiger charge is -2.10. The van der Waals surface area contributed by atoms with Gasteiger partial charge in [-0.2, -0.15) is 0 Å². The molecule has 0 saturated heterocycles. The summed E-state index contributed by atoms with van der Waals surface area (Å²) in [5.41, 5.74) is 7.46. The van der Waals surface area contributed by atoms with E-state index in [0.29, 0.717) is 23.4 Å². The molecule has 0 aliphatic carbocycles. The van der Waals surface area contributed by atoms with Gasteiger partial charge in [0.1, 0.15) is 5.52 Å². The molecule has 0 aliphatic rings. The van der Waals surface area contributed by atoms with Gasteiger partial charge in [-0.15, -0.1) is 11.3 Å². The lowest BCUT2D eigenvalue weighted by atomic mass is 10.0. The molecule has 0 N–H and O–H groups in total. The van der Waals surface area contributed by atoms with Crippen molar-refractivity contribution in [3.05, 3.63) is 158 Å². The summed E-state index contributed by atoms with van der Waals surface area (Å²) < 4.78 is 9.17. The highest BCUT2D eigenvalue weighted by Gasteiger charge is 2.17. The highest BCUT2D eigenvalue weighted by molar-refractivity contribution is 7.26. The molecule has 10 aromatic rings. The Morgan fingerprint density at radius 3 is 1.68 bits per heavy atom. The van der Waals surface area contributed by atoms with E-state index in [1.54, 1.807) is 0 Å². The third-order valence-electron chi connectivity index (χ3n) is 9.14. The van der Waals surface area contributed by atoms with Gasteiger partial charge in [-0.25, -0.2) is 19.9 Å². The number of hydrogen-bond acceptors (Lipinski definition) is 6. The first-order valence-electron chi connectivity index (χ1n) is 16.5. The summed E-state index contributed by atoms with van der Waals surface area (Å²) in [7, 11) is 0. The van der Waals surface area contributed by atoms with Crippen LogP contribution in [-0.2, 0) is 0 Å². The zero-order chi connectivity index (χ0) is 33.0. The van der Waals surface area contributed by atoms with Gasteiger partial charge in [0, 0.05) is 47.8 Å². The van der Waals surface area contributed by atoms with E-state index >= 15 is 0 Å². The second-order valence-electron chi connectivity index (χ2n) is 12.3. The van der Waals surface area contributed by atoms with Crippen LogP contribution in [0.1, 0.15) is 0 Å². The van der Waals surface area contributed by atoms with Gasteiger partial charge < -0.3 is 4.42 Å². The molecule has 6 heteroatoms. The van der Waals surface area contributed by atoms with Gasteiger partial charge in [0.25, 0.3) is 0 Å². The van der Waals surface area contributed by atoms with Gasteiger partial charge in [0.2, 0.25) is 5.89 Å². The Balaban J connectivity index is 1.07. The standard InChI is InChI=1S/C44H26N4OS/c1-3-11-28(12-4-1)41-46-42(29-13-5-2-6-14-29)48-43(47-41)32-17-9-15-30(25-32)31-16-10-18-33(26-31)44-45-35-23-21-27-22-24-37-39(38(27)40(35)49-44)34-19-7-8-20-36(34)50-37/h1-26H. The molecule has 0 atom stereocenters. The topological polar surface area (TPSA) is 64.7 Å². The number of hydrogen-bond donors (Lipinski definition) is 0. The van der Waals surface area contributed by atoms with Crippen molar-refractivity contribution in [3.8, 4) is 56.7 Å². The third-order valence-corrected chi connectivity index (χ3v) is 10.3. The lowest BCUT2D eigenvalue weighted by Crippen LogP contribution is -2.00. The van der Waals surface area contributed by atoms with Crippen LogP contribution < -0.4 is 0 Å². The Kier molecular flexibility index (Phi) is 6.60. The van der Waals surface area contributed by atoms with Crippen molar-refractivity contribution in [2.75, 3.05) is 0 Å². The van der Waals surface area contributed by atoms with Crippen LogP contribution in [-0.4, -0.2) is 19.9 Å². The van der Waals surface area contributed by atoms with Gasteiger partial charge >= 0.3 is 0 Å². The molecule has 0 amide bonds. The van der Waals surface area contributed by atoms with Gasteiger partial charge in [-0.05, 0) is 52.9 Å². The molecule has 0 bridgehead atoms. The van der Waals surface area contributed by atoms with Gasteiger partial charge in [0.05, 0.1) is 0 Å². The van der Waals surface area contributed by atoms with Crippen LogP contribution >= 0.6 is 11.3 Å². The molecule has 10 rings (SSSR count). The molecule has 7 aromatic carbocycles. The highest BCUT2D eigenvalue weighted by atomic mass is 32.1. The van der Waals surface area contributed by atoms with Gasteiger partial charge in [-0.3, -0.25) is 0 Å².